The molecule has 0 N–H and O–H groups in total. The monoisotopic (exact) mass is 365 g/mol. The summed E-state index contributed by atoms with van der Waals surface area (Å²) in [6.07, 6.45) is 0. The molecule has 3 nitrogen and oxygen atoms in total. The molecule has 0 spiro atoms. The van der Waals surface area contributed by atoms with Crippen LogP contribution in [0.25, 0.3) is 0 Å². The minimum atomic E-state index is -3.25. The Kier molecular flexibility index (Phi) is 4.97. The third-order valence-electron chi connectivity index (χ3n) is 2.36. The van der Waals surface area contributed by atoms with E-state index in [1.165, 1.54) is 4.31 Å². The summed E-state index contributed by atoms with van der Waals surface area (Å²) in [5.41, 5.74) is 0. The first-order valence-electron chi connectivity index (χ1n) is 5.20. The quantitative estimate of drug-likeness (QED) is 0.734. The largest absolute Gasteiger partial charge is 0.224 e. The molecule has 2 heterocycles. The molecule has 0 radical (unpaired) electrons. The second kappa shape index (κ2) is 6.29. The van der Waals surface area contributed by atoms with E-state index in [1.54, 1.807) is 22.7 Å². The van der Waals surface area contributed by atoms with Gasteiger partial charge in [0.25, 0.3) is 0 Å². The van der Waals surface area contributed by atoms with E-state index < -0.39 is 10.0 Å². The minimum Gasteiger partial charge on any atom is -0.211 e. The highest BCUT2D eigenvalue weighted by Crippen LogP contribution is 2.20. The summed E-state index contributed by atoms with van der Waals surface area (Å²) in [6, 6.07) is 7.78. The molecule has 2 aromatic heterocycles. The van der Waals surface area contributed by atoms with E-state index in [0.717, 1.165) is 9.75 Å². The van der Waals surface area contributed by atoms with Gasteiger partial charge in [-0.05, 0) is 22.9 Å². The predicted molar refractivity (Wildman–Crippen MR) is 80.6 cm³/mol. The van der Waals surface area contributed by atoms with E-state index in [0.29, 0.717) is 13.1 Å². The molecule has 0 saturated heterocycles. The van der Waals surface area contributed by atoms with Crippen LogP contribution in [0.5, 0.6) is 0 Å². The molecule has 0 fully saturated rings. The van der Waals surface area contributed by atoms with Crippen molar-refractivity contribution in [1.29, 1.82) is 0 Å². The lowest BCUT2D eigenvalue weighted by Crippen LogP contribution is -2.30. The minimum absolute atomic E-state index is 0.0449. The average molecular weight is 366 g/mol. The van der Waals surface area contributed by atoms with E-state index in [-0.39, 0.29) is 4.66 Å². The molecular weight excluding hydrogens is 354 g/mol. The van der Waals surface area contributed by atoms with Crippen molar-refractivity contribution in [2.75, 3.05) is 4.66 Å². The van der Waals surface area contributed by atoms with Crippen molar-refractivity contribution >= 4 is 48.6 Å². The van der Waals surface area contributed by atoms with E-state index >= 15 is 0 Å². The molecule has 0 bridgehead atoms. The van der Waals surface area contributed by atoms with Gasteiger partial charge in [0.2, 0.25) is 10.0 Å². The number of nitrogens with zero attached hydrogens (tertiary/aromatic N) is 1. The topological polar surface area (TPSA) is 37.4 Å². The van der Waals surface area contributed by atoms with Crippen LogP contribution in [0, 0.1) is 0 Å². The Morgan fingerprint density at radius 1 is 1.06 bits per heavy atom. The van der Waals surface area contributed by atoms with E-state index in [1.807, 2.05) is 35.0 Å². The van der Waals surface area contributed by atoms with Crippen molar-refractivity contribution in [1.82, 2.24) is 4.31 Å². The predicted octanol–water partition coefficient (Wildman–Crippen LogP) is 3.49. The molecular formula is C11H12BrNO2S3. The number of sulfonamides is 1. The van der Waals surface area contributed by atoms with Crippen LogP contribution in [0.2, 0.25) is 0 Å². The van der Waals surface area contributed by atoms with Crippen LogP contribution in [-0.4, -0.2) is 17.4 Å². The first-order chi connectivity index (χ1) is 8.62. The van der Waals surface area contributed by atoms with Crippen LogP contribution in [0.3, 0.4) is 0 Å². The van der Waals surface area contributed by atoms with E-state index in [4.69, 9.17) is 0 Å². The summed E-state index contributed by atoms with van der Waals surface area (Å²) >= 11 is 6.20. The molecule has 0 amide bonds. The van der Waals surface area contributed by atoms with Gasteiger partial charge in [0.1, 0.15) is 4.66 Å². The maximum Gasteiger partial charge on any atom is 0.224 e. The molecule has 2 aromatic rings. The summed E-state index contributed by atoms with van der Waals surface area (Å²) in [7, 11) is -3.25. The summed E-state index contributed by atoms with van der Waals surface area (Å²) in [4.78, 5) is 2.10. The number of alkyl halides is 1. The van der Waals surface area contributed by atoms with Crippen molar-refractivity contribution in [3.8, 4) is 0 Å². The van der Waals surface area contributed by atoms with Gasteiger partial charge >= 0.3 is 0 Å². The second-order valence-corrected chi connectivity index (χ2v) is 8.98. The lowest BCUT2D eigenvalue weighted by atomic mass is 10.4. The van der Waals surface area contributed by atoms with Gasteiger partial charge in [0.05, 0.1) is 0 Å². The highest BCUT2D eigenvalue weighted by atomic mass is 79.9. The Labute approximate surface area is 123 Å². The van der Waals surface area contributed by atoms with Crippen LogP contribution in [0.4, 0.5) is 0 Å². The van der Waals surface area contributed by atoms with Gasteiger partial charge in [-0.1, -0.05) is 28.1 Å². The number of thiophene rings is 2. The fourth-order valence-corrected chi connectivity index (χ4v) is 4.75. The van der Waals surface area contributed by atoms with Crippen LogP contribution in [-0.2, 0) is 23.1 Å². The molecule has 0 aliphatic rings. The number of rotatable bonds is 6. The number of hydrogen-bond donors (Lipinski definition) is 0. The van der Waals surface area contributed by atoms with Gasteiger partial charge in [-0.15, -0.1) is 22.7 Å². The summed E-state index contributed by atoms with van der Waals surface area (Å²) in [5.74, 6) is 0. The second-order valence-electron chi connectivity index (χ2n) is 3.65. The molecule has 18 heavy (non-hydrogen) atoms. The van der Waals surface area contributed by atoms with Gasteiger partial charge in [0, 0.05) is 22.8 Å². The zero-order valence-electron chi connectivity index (χ0n) is 9.45. The zero-order chi connectivity index (χ0) is 13.0. The van der Waals surface area contributed by atoms with Crippen LogP contribution >= 0.6 is 38.6 Å². The molecule has 0 aliphatic carbocycles. The van der Waals surface area contributed by atoms with Crippen molar-refractivity contribution in [3.05, 3.63) is 44.8 Å². The Balaban J connectivity index is 2.18. The average Bonchev–Trinajstić information content (AvgIpc) is 3.01. The van der Waals surface area contributed by atoms with Crippen LogP contribution < -0.4 is 0 Å². The fourth-order valence-electron chi connectivity index (χ4n) is 1.47. The smallest absolute Gasteiger partial charge is 0.211 e. The van der Waals surface area contributed by atoms with E-state index in [9.17, 15) is 8.42 Å². The van der Waals surface area contributed by atoms with Crippen LogP contribution in [0.1, 0.15) is 9.75 Å². The van der Waals surface area contributed by atoms with Gasteiger partial charge in [-0.25, -0.2) is 8.42 Å². The lowest BCUT2D eigenvalue weighted by Gasteiger charge is -2.19. The Morgan fingerprint density at radius 3 is 1.89 bits per heavy atom. The standard InChI is InChI=1S/C11H12BrNO2S3/c12-9-18(14,15)13(7-10-3-1-5-16-10)8-11-4-2-6-17-11/h1-6H,7-9H2. The SMILES string of the molecule is O=S(=O)(CBr)N(Cc1cccs1)Cc1cccs1. The molecule has 0 aliphatic heterocycles. The third kappa shape index (κ3) is 3.64. The van der Waals surface area contributed by atoms with Gasteiger partial charge < -0.3 is 0 Å². The Morgan fingerprint density at radius 2 is 1.56 bits per heavy atom. The summed E-state index contributed by atoms with van der Waals surface area (Å²) < 4.78 is 25.5. The van der Waals surface area contributed by atoms with Gasteiger partial charge in [-0.2, -0.15) is 4.31 Å². The molecule has 0 aromatic carbocycles. The normalized spacial score (nSPS) is 12.1. The van der Waals surface area contributed by atoms with Crippen molar-refractivity contribution in [3.63, 3.8) is 0 Å². The van der Waals surface area contributed by atoms with Gasteiger partial charge in [0.15, 0.2) is 0 Å². The summed E-state index contributed by atoms with van der Waals surface area (Å²) in [5, 5.41) is 3.92. The first kappa shape index (κ1) is 14.2. The third-order valence-corrected chi connectivity index (χ3v) is 7.13. The maximum absolute atomic E-state index is 12.0. The zero-order valence-corrected chi connectivity index (χ0v) is 13.5. The number of halogens is 1. The fraction of sp³-hybridized carbons (Fsp3) is 0.273. The summed E-state index contributed by atoms with van der Waals surface area (Å²) in [6.45, 7) is 0.868. The molecule has 7 heteroatoms. The molecule has 0 unspecified atom stereocenters. The molecule has 0 atom stereocenters. The lowest BCUT2D eigenvalue weighted by molar-refractivity contribution is 0.410. The highest BCUT2D eigenvalue weighted by Gasteiger charge is 2.22. The highest BCUT2D eigenvalue weighted by molar-refractivity contribution is 9.10. The molecule has 0 saturated carbocycles. The van der Waals surface area contributed by atoms with Gasteiger partial charge in [-0.3, -0.25) is 0 Å². The molecule has 98 valence electrons. The molecule has 2 rings (SSSR count). The Hall–Kier alpha value is -0.210. The number of hydrogen-bond acceptors (Lipinski definition) is 4. The van der Waals surface area contributed by atoms with Crippen molar-refractivity contribution in [2.24, 2.45) is 0 Å². The van der Waals surface area contributed by atoms with Crippen molar-refractivity contribution in [2.45, 2.75) is 13.1 Å². The Bertz CT molecular complexity index is 527. The first-order valence-corrected chi connectivity index (χ1v) is 9.69. The van der Waals surface area contributed by atoms with Crippen molar-refractivity contribution < 1.29 is 8.42 Å². The van der Waals surface area contributed by atoms with E-state index in [2.05, 4.69) is 15.9 Å². The van der Waals surface area contributed by atoms with Crippen LogP contribution in [0.15, 0.2) is 35.0 Å². The maximum atomic E-state index is 12.0.